The number of rotatable bonds is 4. The predicted octanol–water partition coefficient (Wildman–Crippen LogP) is 1.43. The molecule has 6 nitrogen and oxygen atoms in total. The number of aryl methyl sites for hydroxylation is 1. The van der Waals surface area contributed by atoms with Crippen molar-refractivity contribution in [2.24, 2.45) is 7.05 Å². The van der Waals surface area contributed by atoms with Crippen molar-refractivity contribution < 1.29 is 4.79 Å². The van der Waals surface area contributed by atoms with Crippen LogP contribution in [0.2, 0.25) is 0 Å². The van der Waals surface area contributed by atoms with Gasteiger partial charge in [-0.3, -0.25) is 9.48 Å². The van der Waals surface area contributed by atoms with E-state index in [4.69, 9.17) is 0 Å². The molecule has 0 spiro atoms. The molecule has 0 saturated heterocycles. The Labute approximate surface area is 115 Å². The topological polar surface area (TPSA) is 65.6 Å². The SMILES string of the molecule is Cn1ccc(CC(=O)c2cnn(-c3ccccc3)n2)n1. The molecule has 0 atom stereocenters. The standard InChI is InChI=1S/C14H13N5O/c1-18-8-7-11(16-18)9-14(20)13-10-15-19(17-13)12-5-3-2-4-6-12/h2-8,10H,9H2,1H3. The summed E-state index contributed by atoms with van der Waals surface area (Å²) in [5.41, 5.74) is 1.90. The van der Waals surface area contributed by atoms with Gasteiger partial charge in [0.25, 0.3) is 0 Å². The number of benzene rings is 1. The van der Waals surface area contributed by atoms with Crippen molar-refractivity contribution >= 4 is 5.78 Å². The number of para-hydroxylation sites is 1. The quantitative estimate of drug-likeness (QED) is 0.671. The monoisotopic (exact) mass is 267 g/mol. The summed E-state index contributed by atoms with van der Waals surface area (Å²) >= 11 is 0. The van der Waals surface area contributed by atoms with Gasteiger partial charge in [-0.2, -0.15) is 15.0 Å². The summed E-state index contributed by atoms with van der Waals surface area (Å²) in [6.07, 6.45) is 3.52. The molecule has 3 rings (SSSR count). The number of hydrogen-bond donors (Lipinski definition) is 0. The van der Waals surface area contributed by atoms with E-state index in [2.05, 4.69) is 15.3 Å². The Hall–Kier alpha value is -2.76. The fourth-order valence-corrected chi connectivity index (χ4v) is 1.89. The molecule has 6 heteroatoms. The second-order valence-corrected chi connectivity index (χ2v) is 4.44. The summed E-state index contributed by atoms with van der Waals surface area (Å²) in [6.45, 7) is 0. The van der Waals surface area contributed by atoms with E-state index in [1.807, 2.05) is 49.6 Å². The Balaban J connectivity index is 1.78. The fourth-order valence-electron chi connectivity index (χ4n) is 1.89. The van der Waals surface area contributed by atoms with E-state index in [0.717, 1.165) is 11.4 Å². The molecule has 0 aliphatic heterocycles. The van der Waals surface area contributed by atoms with Crippen molar-refractivity contribution in [3.05, 3.63) is 60.2 Å². The van der Waals surface area contributed by atoms with Crippen LogP contribution >= 0.6 is 0 Å². The van der Waals surface area contributed by atoms with E-state index in [1.54, 1.807) is 4.68 Å². The van der Waals surface area contributed by atoms with E-state index in [-0.39, 0.29) is 12.2 Å². The minimum absolute atomic E-state index is 0.0918. The minimum atomic E-state index is -0.0918. The van der Waals surface area contributed by atoms with Gasteiger partial charge >= 0.3 is 0 Å². The van der Waals surface area contributed by atoms with E-state index in [1.165, 1.54) is 11.0 Å². The van der Waals surface area contributed by atoms with Crippen molar-refractivity contribution in [2.45, 2.75) is 6.42 Å². The van der Waals surface area contributed by atoms with Crippen LogP contribution in [0.5, 0.6) is 0 Å². The van der Waals surface area contributed by atoms with Gasteiger partial charge in [0.15, 0.2) is 5.78 Å². The van der Waals surface area contributed by atoms with Crippen molar-refractivity contribution in [3.8, 4) is 5.69 Å². The molecule has 2 aromatic heterocycles. The zero-order valence-electron chi connectivity index (χ0n) is 11.0. The Morgan fingerprint density at radius 3 is 2.65 bits per heavy atom. The van der Waals surface area contributed by atoms with Gasteiger partial charge in [0.2, 0.25) is 0 Å². The van der Waals surface area contributed by atoms with Crippen molar-refractivity contribution in [2.75, 3.05) is 0 Å². The summed E-state index contributed by atoms with van der Waals surface area (Å²) in [7, 11) is 1.82. The molecule has 0 radical (unpaired) electrons. The van der Waals surface area contributed by atoms with Gasteiger partial charge in [0.1, 0.15) is 5.69 Å². The van der Waals surface area contributed by atoms with Gasteiger partial charge in [-0.05, 0) is 18.2 Å². The molecule has 0 N–H and O–H groups in total. The summed E-state index contributed by atoms with van der Waals surface area (Å²) in [4.78, 5) is 13.6. The zero-order chi connectivity index (χ0) is 13.9. The van der Waals surface area contributed by atoms with Crippen molar-refractivity contribution in [1.82, 2.24) is 24.8 Å². The predicted molar refractivity (Wildman–Crippen MR) is 72.6 cm³/mol. The molecule has 0 bridgehead atoms. The van der Waals surface area contributed by atoms with Crippen LogP contribution in [0.3, 0.4) is 0 Å². The third-order valence-electron chi connectivity index (χ3n) is 2.88. The second-order valence-electron chi connectivity index (χ2n) is 4.44. The van der Waals surface area contributed by atoms with Crippen LogP contribution in [0.1, 0.15) is 16.2 Å². The van der Waals surface area contributed by atoms with Crippen LogP contribution in [-0.2, 0) is 13.5 Å². The van der Waals surface area contributed by atoms with E-state index >= 15 is 0 Å². The first-order chi connectivity index (χ1) is 9.72. The normalized spacial score (nSPS) is 10.7. The van der Waals surface area contributed by atoms with Gasteiger partial charge in [-0.15, -0.1) is 5.10 Å². The molecule has 100 valence electrons. The first-order valence-electron chi connectivity index (χ1n) is 6.22. The summed E-state index contributed by atoms with van der Waals surface area (Å²) in [6, 6.07) is 11.3. The minimum Gasteiger partial charge on any atom is -0.292 e. The lowest BCUT2D eigenvalue weighted by Gasteiger charge is -1.97. The number of carbonyl (C=O) groups excluding carboxylic acids is 1. The van der Waals surface area contributed by atoms with E-state index < -0.39 is 0 Å². The number of ketones is 1. The Bertz CT molecular complexity index is 729. The van der Waals surface area contributed by atoms with E-state index in [0.29, 0.717) is 5.69 Å². The molecule has 3 aromatic rings. The number of Topliss-reactive ketones (excluding diaryl/α,β-unsaturated/α-hetero) is 1. The maximum absolute atomic E-state index is 12.1. The average molecular weight is 267 g/mol. The smallest absolute Gasteiger partial charge is 0.190 e. The first kappa shape index (κ1) is 12.3. The number of carbonyl (C=O) groups is 1. The highest BCUT2D eigenvalue weighted by Gasteiger charge is 2.13. The summed E-state index contributed by atoms with van der Waals surface area (Å²) in [5.74, 6) is -0.0918. The Morgan fingerprint density at radius 1 is 1.15 bits per heavy atom. The highest BCUT2D eigenvalue weighted by molar-refractivity contribution is 5.95. The molecule has 0 saturated carbocycles. The molecular formula is C14H13N5O. The average Bonchev–Trinajstić information content (AvgIpc) is 3.09. The summed E-state index contributed by atoms with van der Waals surface area (Å²) < 4.78 is 1.67. The third-order valence-corrected chi connectivity index (χ3v) is 2.88. The molecule has 0 aliphatic carbocycles. The van der Waals surface area contributed by atoms with Crippen LogP contribution in [0.4, 0.5) is 0 Å². The lowest BCUT2D eigenvalue weighted by Crippen LogP contribution is -2.07. The van der Waals surface area contributed by atoms with Gasteiger partial charge in [-0.1, -0.05) is 18.2 Å². The van der Waals surface area contributed by atoms with Crippen molar-refractivity contribution in [1.29, 1.82) is 0 Å². The first-order valence-corrected chi connectivity index (χ1v) is 6.22. The van der Waals surface area contributed by atoms with Crippen LogP contribution in [0.25, 0.3) is 5.69 Å². The van der Waals surface area contributed by atoms with Crippen LogP contribution in [0, 0.1) is 0 Å². The molecule has 0 unspecified atom stereocenters. The molecular weight excluding hydrogens is 254 g/mol. The second kappa shape index (κ2) is 5.08. The molecule has 2 heterocycles. The van der Waals surface area contributed by atoms with Crippen LogP contribution in [-0.4, -0.2) is 30.6 Å². The summed E-state index contributed by atoms with van der Waals surface area (Å²) in [5, 5.41) is 12.5. The largest absolute Gasteiger partial charge is 0.292 e. The maximum atomic E-state index is 12.1. The fraction of sp³-hybridized carbons (Fsp3) is 0.143. The van der Waals surface area contributed by atoms with Gasteiger partial charge in [0, 0.05) is 13.2 Å². The number of aromatic nitrogens is 5. The van der Waals surface area contributed by atoms with E-state index in [9.17, 15) is 4.79 Å². The zero-order valence-corrected chi connectivity index (χ0v) is 11.0. The van der Waals surface area contributed by atoms with Crippen LogP contribution < -0.4 is 0 Å². The Morgan fingerprint density at radius 2 is 1.95 bits per heavy atom. The third kappa shape index (κ3) is 2.49. The van der Waals surface area contributed by atoms with Crippen molar-refractivity contribution in [3.63, 3.8) is 0 Å². The maximum Gasteiger partial charge on any atom is 0.190 e. The van der Waals surface area contributed by atoms with Crippen LogP contribution in [0.15, 0.2) is 48.8 Å². The lowest BCUT2D eigenvalue weighted by molar-refractivity contribution is 0.0986. The Kier molecular flexibility index (Phi) is 3.12. The molecule has 20 heavy (non-hydrogen) atoms. The number of hydrogen-bond acceptors (Lipinski definition) is 4. The molecule has 0 aliphatic rings. The van der Waals surface area contributed by atoms with Gasteiger partial charge < -0.3 is 0 Å². The lowest BCUT2D eigenvalue weighted by atomic mass is 10.2. The van der Waals surface area contributed by atoms with Gasteiger partial charge in [0.05, 0.1) is 24.0 Å². The molecule has 0 amide bonds. The molecule has 1 aromatic carbocycles. The molecule has 0 fully saturated rings. The number of nitrogens with zero attached hydrogens (tertiary/aromatic N) is 5. The highest BCUT2D eigenvalue weighted by Crippen LogP contribution is 2.06. The van der Waals surface area contributed by atoms with Gasteiger partial charge in [-0.25, -0.2) is 0 Å². The highest BCUT2D eigenvalue weighted by atomic mass is 16.1.